The van der Waals surface area contributed by atoms with Gasteiger partial charge in [0.15, 0.2) is 0 Å². The average molecular weight is 294 g/mol. The molecule has 0 aromatic heterocycles. The van der Waals surface area contributed by atoms with Crippen LogP contribution in [0, 0.1) is 23.2 Å². The lowest BCUT2D eigenvalue weighted by Gasteiger charge is -2.46. The molecule has 0 radical (unpaired) electrons. The van der Waals surface area contributed by atoms with Crippen LogP contribution in [0.5, 0.6) is 0 Å². The zero-order chi connectivity index (χ0) is 15.1. The molecule has 0 heterocycles. The van der Waals surface area contributed by atoms with Gasteiger partial charge in [-0.25, -0.2) is 0 Å². The molecule has 0 spiro atoms. The van der Waals surface area contributed by atoms with Crippen LogP contribution in [-0.2, 0) is 4.74 Å². The highest BCUT2D eigenvalue weighted by Crippen LogP contribution is 2.52. The Morgan fingerprint density at radius 2 is 1.81 bits per heavy atom. The molecule has 3 saturated carbocycles. The summed E-state index contributed by atoms with van der Waals surface area (Å²) < 4.78 is 6.17. The summed E-state index contributed by atoms with van der Waals surface area (Å²) >= 11 is 0. The van der Waals surface area contributed by atoms with Crippen LogP contribution < -0.4 is 0 Å². The first kappa shape index (κ1) is 15.8. The molecule has 3 aliphatic carbocycles. The Bertz CT molecular complexity index is 353. The van der Waals surface area contributed by atoms with E-state index in [9.17, 15) is 5.11 Å². The van der Waals surface area contributed by atoms with Crippen molar-refractivity contribution >= 4 is 0 Å². The predicted molar refractivity (Wildman–Crippen MR) is 86.2 cm³/mol. The molecule has 0 saturated heterocycles. The molecule has 2 heteroatoms. The fourth-order valence-corrected chi connectivity index (χ4v) is 5.38. The standard InChI is InChI=1S/C19H34O2/c1-4-21-19(9-7-18(2,3)8-10-19)17(20)13-16-12-14-5-6-15(16)11-14/h14-17,20H,4-13H2,1-3H3. The molecular weight excluding hydrogens is 260 g/mol. The van der Waals surface area contributed by atoms with E-state index in [0.717, 1.165) is 43.6 Å². The summed E-state index contributed by atoms with van der Waals surface area (Å²) in [4.78, 5) is 0. The van der Waals surface area contributed by atoms with Gasteiger partial charge in [0.2, 0.25) is 0 Å². The number of rotatable bonds is 5. The van der Waals surface area contributed by atoms with E-state index in [1.165, 1.54) is 38.5 Å². The highest BCUT2D eigenvalue weighted by Gasteiger charge is 2.47. The summed E-state index contributed by atoms with van der Waals surface area (Å²) in [6, 6.07) is 0. The number of aliphatic hydroxyl groups is 1. The fourth-order valence-electron chi connectivity index (χ4n) is 5.38. The number of ether oxygens (including phenoxy) is 1. The number of aliphatic hydroxyl groups excluding tert-OH is 1. The van der Waals surface area contributed by atoms with Gasteiger partial charge >= 0.3 is 0 Å². The molecule has 3 fully saturated rings. The van der Waals surface area contributed by atoms with Crippen molar-refractivity contribution in [2.75, 3.05) is 6.61 Å². The van der Waals surface area contributed by atoms with Gasteiger partial charge in [-0.3, -0.25) is 0 Å². The van der Waals surface area contributed by atoms with Gasteiger partial charge in [-0.05, 0) is 81.5 Å². The Morgan fingerprint density at radius 3 is 2.33 bits per heavy atom. The van der Waals surface area contributed by atoms with Crippen molar-refractivity contribution in [2.24, 2.45) is 23.2 Å². The second-order valence-electron chi connectivity index (χ2n) is 8.85. The number of hydrogen-bond acceptors (Lipinski definition) is 2. The van der Waals surface area contributed by atoms with Crippen LogP contribution in [0.2, 0.25) is 0 Å². The van der Waals surface area contributed by atoms with Crippen LogP contribution in [-0.4, -0.2) is 23.4 Å². The molecule has 3 rings (SSSR count). The van der Waals surface area contributed by atoms with Gasteiger partial charge in [0, 0.05) is 6.61 Å². The fraction of sp³-hybridized carbons (Fsp3) is 1.00. The van der Waals surface area contributed by atoms with Gasteiger partial charge in [-0.15, -0.1) is 0 Å². The zero-order valence-electron chi connectivity index (χ0n) is 14.2. The molecule has 3 aliphatic rings. The zero-order valence-corrected chi connectivity index (χ0v) is 14.2. The monoisotopic (exact) mass is 294 g/mol. The van der Waals surface area contributed by atoms with E-state index < -0.39 is 0 Å². The van der Waals surface area contributed by atoms with Crippen molar-refractivity contribution < 1.29 is 9.84 Å². The lowest BCUT2D eigenvalue weighted by Crippen LogP contribution is -2.50. The van der Waals surface area contributed by atoms with E-state index in [1.807, 2.05) is 0 Å². The largest absolute Gasteiger partial charge is 0.390 e. The summed E-state index contributed by atoms with van der Waals surface area (Å²) in [7, 11) is 0. The Balaban J connectivity index is 1.63. The second kappa shape index (κ2) is 5.85. The number of hydrogen-bond donors (Lipinski definition) is 1. The normalized spacial score (nSPS) is 38.6. The summed E-state index contributed by atoms with van der Waals surface area (Å²) in [5.41, 5.74) is 0.179. The van der Waals surface area contributed by atoms with Crippen LogP contribution in [0.25, 0.3) is 0 Å². The SMILES string of the molecule is CCOC1(C(O)CC2CC3CCC2C3)CCC(C)(C)CC1. The Hall–Kier alpha value is -0.0800. The van der Waals surface area contributed by atoms with Crippen LogP contribution in [0.4, 0.5) is 0 Å². The van der Waals surface area contributed by atoms with Crippen molar-refractivity contribution in [1.29, 1.82) is 0 Å². The smallest absolute Gasteiger partial charge is 0.0940 e. The van der Waals surface area contributed by atoms with Crippen LogP contribution in [0.1, 0.15) is 78.6 Å². The lowest BCUT2D eigenvalue weighted by molar-refractivity contribution is -0.157. The first-order chi connectivity index (χ1) is 9.94. The van der Waals surface area contributed by atoms with Crippen LogP contribution in [0.15, 0.2) is 0 Å². The first-order valence-electron chi connectivity index (χ1n) is 9.26. The number of fused-ring (bicyclic) bond motifs is 2. The van der Waals surface area contributed by atoms with Crippen molar-refractivity contribution in [3.63, 3.8) is 0 Å². The molecule has 2 nitrogen and oxygen atoms in total. The third-order valence-corrected chi connectivity index (χ3v) is 6.90. The molecular formula is C19H34O2. The van der Waals surface area contributed by atoms with Crippen LogP contribution in [0.3, 0.4) is 0 Å². The summed E-state index contributed by atoms with van der Waals surface area (Å²) in [5.74, 6) is 2.65. The third kappa shape index (κ3) is 3.17. The molecule has 4 atom stereocenters. The molecule has 0 aromatic rings. The highest BCUT2D eigenvalue weighted by atomic mass is 16.5. The Morgan fingerprint density at radius 1 is 1.10 bits per heavy atom. The van der Waals surface area contributed by atoms with Gasteiger partial charge < -0.3 is 9.84 Å². The minimum atomic E-state index is -0.252. The maximum atomic E-state index is 11.0. The maximum absolute atomic E-state index is 11.0. The minimum absolute atomic E-state index is 0.244. The van der Waals surface area contributed by atoms with Crippen molar-refractivity contribution in [3.8, 4) is 0 Å². The van der Waals surface area contributed by atoms with E-state index in [0.29, 0.717) is 5.41 Å². The molecule has 0 amide bonds. The predicted octanol–water partition coefficient (Wildman–Crippen LogP) is 4.55. The Labute approximate surface area is 130 Å². The average Bonchev–Trinajstić information content (AvgIpc) is 3.04. The molecule has 0 aliphatic heterocycles. The minimum Gasteiger partial charge on any atom is -0.390 e. The first-order valence-corrected chi connectivity index (χ1v) is 9.26. The van der Waals surface area contributed by atoms with E-state index in [-0.39, 0.29) is 11.7 Å². The molecule has 21 heavy (non-hydrogen) atoms. The van der Waals surface area contributed by atoms with Gasteiger partial charge in [-0.2, -0.15) is 0 Å². The molecule has 0 aromatic carbocycles. The van der Waals surface area contributed by atoms with Crippen molar-refractivity contribution in [2.45, 2.75) is 90.3 Å². The molecule has 2 bridgehead atoms. The third-order valence-electron chi connectivity index (χ3n) is 6.90. The quantitative estimate of drug-likeness (QED) is 0.806. The van der Waals surface area contributed by atoms with E-state index in [1.54, 1.807) is 0 Å². The van der Waals surface area contributed by atoms with Crippen molar-refractivity contribution in [1.82, 2.24) is 0 Å². The highest BCUT2D eigenvalue weighted by molar-refractivity contribution is 4.99. The molecule has 4 unspecified atom stereocenters. The van der Waals surface area contributed by atoms with Gasteiger partial charge in [0.05, 0.1) is 11.7 Å². The van der Waals surface area contributed by atoms with Gasteiger partial charge in [0.25, 0.3) is 0 Å². The van der Waals surface area contributed by atoms with E-state index >= 15 is 0 Å². The lowest BCUT2D eigenvalue weighted by atomic mass is 9.67. The van der Waals surface area contributed by atoms with E-state index in [4.69, 9.17) is 4.74 Å². The Kier molecular flexibility index (Phi) is 4.40. The molecule has 122 valence electrons. The topological polar surface area (TPSA) is 29.5 Å². The maximum Gasteiger partial charge on any atom is 0.0940 e. The second-order valence-corrected chi connectivity index (χ2v) is 8.85. The molecule has 1 N–H and O–H groups in total. The van der Waals surface area contributed by atoms with Crippen LogP contribution >= 0.6 is 0 Å². The summed E-state index contributed by atoms with van der Waals surface area (Å²) in [6.45, 7) is 7.51. The van der Waals surface area contributed by atoms with Crippen molar-refractivity contribution in [3.05, 3.63) is 0 Å². The summed E-state index contributed by atoms with van der Waals surface area (Å²) in [5, 5.41) is 11.0. The van der Waals surface area contributed by atoms with Gasteiger partial charge in [-0.1, -0.05) is 20.3 Å². The summed E-state index contributed by atoms with van der Waals surface area (Å²) in [6.07, 6.45) is 10.8. The van der Waals surface area contributed by atoms with Gasteiger partial charge in [0.1, 0.15) is 0 Å². The van der Waals surface area contributed by atoms with E-state index in [2.05, 4.69) is 20.8 Å².